The molecule has 0 fully saturated rings. The summed E-state index contributed by atoms with van der Waals surface area (Å²) < 4.78 is 27.2. The summed E-state index contributed by atoms with van der Waals surface area (Å²) in [6.45, 7) is 1.63. The summed E-state index contributed by atoms with van der Waals surface area (Å²) in [6, 6.07) is 3.09. The number of nitrogens with zero attached hydrogens (tertiary/aromatic N) is 3. The quantitative estimate of drug-likeness (QED) is 0.771. The maximum Gasteiger partial charge on any atom is 0.164 e. The fourth-order valence-electron chi connectivity index (χ4n) is 1.90. The van der Waals surface area contributed by atoms with Crippen molar-refractivity contribution >= 4 is 17.0 Å². The Kier molecular flexibility index (Phi) is 3.02. The van der Waals surface area contributed by atoms with Gasteiger partial charge in [0.1, 0.15) is 11.8 Å². The predicted molar refractivity (Wildman–Crippen MR) is 70.1 cm³/mol. The van der Waals surface area contributed by atoms with Gasteiger partial charge in [-0.3, -0.25) is 0 Å². The van der Waals surface area contributed by atoms with Gasteiger partial charge >= 0.3 is 0 Å². The number of hydrogen-bond donors (Lipinski definition) is 2. The number of H-pyrrole nitrogens is 1. The molecule has 1 aromatic carbocycles. The topological polar surface area (TPSA) is 66.5 Å². The molecule has 0 spiro atoms. The molecule has 2 aromatic heterocycles. The second-order valence-electron chi connectivity index (χ2n) is 4.35. The number of nitrogens with one attached hydrogen (secondary N) is 2. The van der Waals surface area contributed by atoms with Crippen molar-refractivity contribution in [3.63, 3.8) is 0 Å². The van der Waals surface area contributed by atoms with Gasteiger partial charge in [0.25, 0.3) is 0 Å². The Hall–Kier alpha value is -2.57. The van der Waals surface area contributed by atoms with E-state index in [1.165, 1.54) is 19.6 Å². The van der Waals surface area contributed by atoms with Gasteiger partial charge in [-0.2, -0.15) is 0 Å². The second kappa shape index (κ2) is 4.84. The molecule has 0 unspecified atom stereocenters. The van der Waals surface area contributed by atoms with Crippen molar-refractivity contribution in [1.82, 2.24) is 19.9 Å². The average Bonchev–Trinajstić information content (AvgIpc) is 2.93. The monoisotopic (exact) mass is 275 g/mol. The molecule has 3 rings (SSSR count). The molecule has 20 heavy (non-hydrogen) atoms. The molecule has 0 aliphatic carbocycles. The van der Waals surface area contributed by atoms with E-state index in [2.05, 4.69) is 25.3 Å². The van der Waals surface area contributed by atoms with Gasteiger partial charge in [0, 0.05) is 12.1 Å². The van der Waals surface area contributed by atoms with Crippen molar-refractivity contribution in [3.8, 4) is 0 Å². The molecule has 0 radical (unpaired) electrons. The van der Waals surface area contributed by atoms with Crippen molar-refractivity contribution in [3.05, 3.63) is 47.5 Å². The van der Waals surface area contributed by atoms with E-state index in [0.29, 0.717) is 17.0 Å². The van der Waals surface area contributed by atoms with Gasteiger partial charge in [0.2, 0.25) is 0 Å². The second-order valence-corrected chi connectivity index (χ2v) is 4.35. The highest BCUT2D eigenvalue weighted by molar-refractivity contribution is 5.81. The molecular weight excluding hydrogens is 264 g/mol. The number of halogens is 2. The van der Waals surface area contributed by atoms with Gasteiger partial charge in [-0.15, -0.1) is 0 Å². The lowest BCUT2D eigenvalue weighted by atomic mass is 10.1. The molecule has 5 nitrogen and oxygen atoms in total. The van der Waals surface area contributed by atoms with Gasteiger partial charge in [-0.1, -0.05) is 12.1 Å². The van der Waals surface area contributed by atoms with Crippen LogP contribution >= 0.6 is 0 Å². The summed E-state index contributed by atoms with van der Waals surface area (Å²) in [5.74, 6) is -1.20. The maximum absolute atomic E-state index is 13.7. The predicted octanol–water partition coefficient (Wildman–Crippen LogP) is 2.55. The Morgan fingerprint density at radius 2 is 2.00 bits per heavy atom. The van der Waals surface area contributed by atoms with E-state index in [1.807, 2.05) is 0 Å². The number of anilines is 1. The number of benzene rings is 1. The number of aromatic amines is 1. The van der Waals surface area contributed by atoms with Gasteiger partial charge in [-0.05, 0) is 12.5 Å². The van der Waals surface area contributed by atoms with Crippen molar-refractivity contribution < 1.29 is 8.78 Å². The Balaban J connectivity index is 1.87. The summed E-state index contributed by atoms with van der Waals surface area (Å²) in [6.07, 6.45) is 2.87. The first kappa shape index (κ1) is 12.5. The third-order valence-electron chi connectivity index (χ3n) is 3.02. The molecule has 7 heteroatoms. The molecule has 0 amide bonds. The SMILES string of the molecule is Cc1ccc(CNc2ncnc3[nH]cnc23)c(F)c1F. The number of hydrogen-bond acceptors (Lipinski definition) is 4. The van der Waals surface area contributed by atoms with Gasteiger partial charge in [0.05, 0.1) is 6.33 Å². The van der Waals surface area contributed by atoms with Crippen LogP contribution in [-0.2, 0) is 6.54 Å². The molecule has 0 saturated heterocycles. The Labute approximate surface area is 113 Å². The molecular formula is C13H11F2N5. The van der Waals surface area contributed by atoms with E-state index in [0.717, 1.165) is 0 Å². The molecule has 0 bridgehead atoms. The summed E-state index contributed by atoms with van der Waals surface area (Å²) >= 11 is 0. The van der Waals surface area contributed by atoms with Crippen LogP contribution in [0, 0.1) is 18.6 Å². The number of imidazole rings is 1. The lowest BCUT2D eigenvalue weighted by Gasteiger charge is -2.08. The van der Waals surface area contributed by atoms with Crippen molar-refractivity contribution in [1.29, 1.82) is 0 Å². The minimum atomic E-state index is -0.843. The van der Waals surface area contributed by atoms with Gasteiger partial charge < -0.3 is 10.3 Å². The molecule has 0 atom stereocenters. The van der Waals surface area contributed by atoms with E-state index in [1.54, 1.807) is 12.1 Å². The first-order chi connectivity index (χ1) is 9.66. The number of aromatic nitrogens is 4. The molecule has 102 valence electrons. The number of fused-ring (bicyclic) bond motifs is 1. The molecule has 3 aromatic rings. The number of rotatable bonds is 3. The summed E-state index contributed by atoms with van der Waals surface area (Å²) in [5.41, 5.74) is 1.65. The highest BCUT2D eigenvalue weighted by Crippen LogP contribution is 2.19. The first-order valence-corrected chi connectivity index (χ1v) is 5.98. The Bertz CT molecular complexity index is 769. The van der Waals surface area contributed by atoms with E-state index in [9.17, 15) is 8.78 Å². The molecule has 0 saturated carbocycles. The molecule has 0 aliphatic heterocycles. The van der Waals surface area contributed by atoms with Crippen molar-refractivity contribution in [2.75, 3.05) is 5.32 Å². The zero-order valence-corrected chi connectivity index (χ0v) is 10.6. The summed E-state index contributed by atoms with van der Waals surface area (Å²) in [5, 5.41) is 2.94. The summed E-state index contributed by atoms with van der Waals surface area (Å²) in [7, 11) is 0. The Morgan fingerprint density at radius 3 is 2.85 bits per heavy atom. The zero-order chi connectivity index (χ0) is 14.1. The first-order valence-electron chi connectivity index (χ1n) is 5.98. The van der Waals surface area contributed by atoms with Crippen LogP contribution in [0.5, 0.6) is 0 Å². The van der Waals surface area contributed by atoms with Gasteiger partial charge in [0.15, 0.2) is 23.1 Å². The lowest BCUT2D eigenvalue weighted by molar-refractivity contribution is 0.495. The third-order valence-corrected chi connectivity index (χ3v) is 3.02. The van der Waals surface area contributed by atoms with Crippen LogP contribution in [0.2, 0.25) is 0 Å². The molecule has 0 aliphatic rings. The van der Waals surface area contributed by atoms with Crippen molar-refractivity contribution in [2.24, 2.45) is 0 Å². The van der Waals surface area contributed by atoms with Crippen LogP contribution in [0.25, 0.3) is 11.2 Å². The lowest BCUT2D eigenvalue weighted by Crippen LogP contribution is -2.06. The van der Waals surface area contributed by atoms with E-state index in [-0.39, 0.29) is 17.7 Å². The van der Waals surface area contributed by atoms with E-state index < -0.39 is 11.6 Å². The largest absolute Gasteiger partial charge is 0.364 e. The highest BCUT2D eigenvalue weighted by atomic mass is 19.2. The van der Waals surface area contributed by atoms with Crippen LogP contribution in [-0.4, -0.2) is 19.9 Å². The van der Waals surface area contributed by atoms with Crippen LogP contribution in [0.3, 0.4) is 0 Å². The molecule has 2 heterocycles. The van der Waals surface area contributed by atoms with E-state index >= 15 is 0 Å². The van der Waals surface area contributed by atoms with Crippen LogP contribution in [0.4, 0.5) is 14.6 Å². The number of aryl methyl sites for hydroxylation is 1. The smallest absolute Gasteiger partial charge is 0.164 e. The van der Waals surface area contributed by atoms with E-state index in [4.69, 9.17) is 0 Å². The average molecular weight is 275 g/mol. The Morgan fingerprint density at radius 1 is 1.15 bits per heavy atom. The maximum atomic E-state index is 13.7. The normalized spacial score (nSPS) is 10.9. The van der Waals surface area contributed by atoms with Crippen molar-refractivity contribution in [2.45, 2.75) is 13.5 Å². The van der Waals surface area contributed by atoms with Gasteiger partial charge in [-0.25, -0.2) is 23.7 Å². The fourth-order valence-corrected chi connectivity index (χ4v) is 1.90. The summed E-state index contributed by atoms with van der Waals surface area (Å²) in [4.78, 5) is 15.0. The minimum Gasteiger partial charge on any atom is -0.364 e. The van der Waals surface area contributed by atoms with Crippen LogP contribution in [0.1, 0.15) is 11.1 Å². The van der Waals surface area contributed by atoms with Crippen LogP contribution in [0.15, 0.2) is 24.8 Å². The highest BCUT2D eigenvalue weighted by Gasteiger charge is 2.12. The third kappa shape index (κ3) is 2.07. The van der Waals surface area contributed by atoms with Crippen LogP contribution < -0.4 is 5.32 Å². The molecule has 2 N–H and O–H groups in total. The fraction of sp³-hybridized carbons (Fsp3) is 0.154. The minimum absolute atomic E-state index is 0.113. The zero-order valence-electron chi connectivity index (χ0n) is 10.6. The standard InChI is InChI=1S/C13H11F2N5/c1-7-2-3-8(10(15)9(7)14)4-16-12-11-13(18-5-17-11)20-6-19-12/h2-3,5-6H,4H2,1H3,(H2,16,17,18,19,20).